The fraction of sp³-hybridized carbons (Fsp3) is 0.381. The lowest BCUT2D eigenvalue weighted by Gasteiger charge is -2.23. The zero-order chi connectivity index (χ0) is 20.7. The molecule has 1 aromatic heterocycles. The number of carbonyl (C=O) groups is 2. The summed E-state index contributed by atoms with van der Waals surface area (Å²) in [6.07, 6.45) is 3.55. The highest BCUT2D eigenvalue weighted by Gasteiger charge is 2.31. The summed E-state index contributed by atoms with van der Waals surface area (Å²) in [6, 6.07) is 9.99. The summed E-state index contributed by atoms with van der Waals surface area (Å²) in [5.41, 5.74) is 3.91. The van der Waals surface area contributed by atoms with Crippen LogP contribution in [0.1, 0.15) is 30.3 Å². The van der Waals surface area contributed by atoms with E-state index in [2.05, 4.69) is 32.8 Å². The molecule has 1 fully saturated rings. The molecule has 1 aliphatic carbocycles. The third-order valence-corrected chi connectivity index (χ3v) is 6.43. The smallest absolute Gasteiger partial charge is 0.302 e. The second-order valence-corrected chi connectivity index (χ2v) is 8.62. The van der Waals surface area contributed by atoms with Gasteiger partial charge in [-0.25, -0.2) is 5.01 Å². The molecular weight excluding hydrogens is 402 g/mol. The quantitative estimate of drug-likeness (QED) is 0.739. The van der Waals surface area contributed by atoms with E-state index in [1.807, 2.05) is 25.2 Å². The van der Waals surface area contributed by atoms with E-state index in [0.717, 1.165) is 41.3 Å². The number of benzene rings is 1. The monoisotopic (exact) mass is 425 g/mol. The van der Waals surface area contributed by atoms with E-state index in [-0.39, 0.29) is 23.2 Å². The Kier molecular flexibility index (Phi) is 4.90. The first-order valence-electron chi connectivity index (χ1n) is 10.1. The van der Waals surface area contributed by atoms with Crippen LogP contribution in [0.2, 0.25) is 0 Å². The number of carbonyl (C=O) groups excluding carboxylic acids is 2. The van der Waals surface area contributed by atoms with Gasteiger partial charge in [-0.3, -0.25) is 9.59 Å². The van der Waals surface area contributed by atoms with Crippen LogP contribution in [0.5, 0.6) is 0 Å². The van der Waals surface area contributed by atoms with Gasteiger partial charge in [-0.15, -0.1) is 0 Å². The van der Waals surface area contributed by atoms with Crippen molar-refractivity contribution in [1.82, 2.24) is 10.3 Å². The molecule has 8 nitrogen and oxygen atoms in total. The van der Waals surface area contributed by atoms with Crippen molar-refractivity contribution in [3.05, 3.63) is 47.9 Å². The van der Waals surface area contributed by atoms with E-state index in [9.17, 15) is 9.59 Å². The first-order valence-corrected chi connectivity index (χ1v) is 11.1. The molecule has 1 saturated carbocycles. The molecule has 3 aliphatic rings. The first kappa shape index (κ1) is 19.0. The highest BCUT2D eigenvalue weighted by Crippen LogP contribution is 2.40. The number of fused-ring (bicyclic) bond motifs is 1. The van der Waals surface area contributed by atoms with Gasteiger partial charge in [-0.2, -0.15) is 5.10 Å². The Labute approximate surface area is 178 Å². The van der Waals surface area contributed by atoms with Gasteiger partial charge in [0.05, 0.1) is 29.9 Å². The number of nitrogens with zero attached hydrogens (tertiary/aromatic N) is 3. The Bertz CT molecular complexity index is 1000. The zero-order valence-electron chi connectivity index (χ0n) is 16.6. The van der Waals surface area contributed by atoms with Gasteiger partial charge in [0, 0.05) is 30.8 Å². The number of hydrogen-bond donors (Lipinski definition) is 2. The summed E-state index contributed by atoms with van der Waals surface area (Å²) >= 11 is 1.24. The third-order valence-electron chi connectivity index (χ3n) is 5.56. The van der Waals surface area contributed by atoms with Crippen LogP contribution in [0.15, 0.2) is 46.1 Å². The molecule has 1 atom stereocenters. The number of anilines is 2. The molecular formula is C21H23N5O3S. The number of furan rings is 1. The molecule has 0 saturated heterocycles. The summed E-state index contributed by atoms with van der Waals surface area (Å²) in [5.74, 6) is 1.62. The normalized spacial score (nSPS) is 20.6. The Balaban J connectivity index is 1.30. The third kappa shape index (κ3) is 3.65. The first-order chi connectivity index (χ1) is 14.6. The molecule has 2 N–H and O–H groups in total. The summed E-state index contributed by atoms with van der Waals surface area (Å²) in [6.45, 7) is 0.792. The molecule has 156 valence electrons. The van der Waals surface area contributed by atoms with Gasteiger partial charge in [0.2, 0.25) is 5.91 Å². The summed E-state index contributed by atoms with van der Waals surface area (Å²) in [4.78, 5) is 26.2. The Morgan fingerprint density at radius 3 is 3.00 bits per heavy atom. The van der Waals surface area contributed by atoms with E-state index >= 15 is 0 Å². The molecule has 5 rings (SSSR count). The minimum absolute atomic E-state index is 0.0546. The van der Waals surface area contributed by atoms with Crippen LogP contribution in [-0.4, -0.2) is 47.8 Å². The number of nitrogens with one attached hydrogen (secondary N) is 2. The van der Waals surface area contributed by atoms with Crippen molar-refractivity contribution in [3.63, 3.8) is 0 Å². The summed E-state index contributed by atoms with van der Waals surface area (Å²) in [5, 5.41) is 12.3. The van der Waals surface area contributed by atoms with Crippen molar-refractivity contribution in [2.24, 2.45) is 11.0 Å². The largest absolute Gasteiger partial charge is 0.465 e. The van der Waals surface area contributed by atoms with Crippen LogP contribution in [0, 0.1) is 5.92 Å². The molecule has 3 heterocycles. The zero-order valence-corrected chi connectivity index (χ0v) is 17.4. The van der Waals surface area contributed by atoms with Crippen LogP contribution in [0.25, 0.3) is 0 Å². The van der Waals surface area contributed by atoms with Gasteiger partial charge in [0.1, 0.15) is 5.76 Å². The fourth-order valence-electron chi connectivity index (χ4n) is 3.71. The van der Waals surface area contributed by atoms with Crippen LogP contribution >= 0.6 is 11.8 Å². The highest BCUT2D eigenvalue weighted by molar-refractivity contribution is 8.14. The van der Waals surface area contributed by atoms with Crippen LogP contribution in [-0.2, 0) is 4.79 Å². The van der Waals surface area contributed by atoms with Crippen molar-refractivity contribution in [3.8, 4) is 0 Å². The number of rotatable bonds is 6. The lowest BCUT2D eigenvalue weighted by molar-refractivity contribution is -0.122. The van der Waals surface area contributed by atoms with Crippen LogP contribution in [0.3, 0.4) is 0 Å². The van der Waals surface area contributed by atoms with Crippen molar-refractivity contribution in [2.75, 3.05) is 36.1 Å². The summed E-state index contributed by atoms with van der Waals surface area (Å²) < 4.78 is 5.56. The lowest BCUT2D eigenvalue weighted by atomic mass is 10.1. The number of hydrazone groups is 1. The molecule has 2 amide bonds. The van der Waals surface area contributed by atoms with Crippen LogP contribution < -0.4 is 15.5 Å². The predicted octanol–water partition coefficient (Wildman–Crippen LogP) is 3.24. The molecule has 0 spiro atoms. The molecule has 1 aromatic carbocycles. The van der Waals surface area contributed by atoms with Crippen molar-refractivity contribution in [2.45, 2.75) is 19.0 Å². The maximum atomic E-state index is 12.2. The van der Waals surface area contributed by atoms with E-state index in [1.165, 1.54) is 16.8 Å². The van der Waals surface area contributed by atoms with Crippen molar-refractivity contribution >= 4 is 40.0 Å². The average Bonchev–Trinajstić information content (AvgIpc) is 3.37. The number of thioether (sulfide) groups is 1. The molecule has 2 aromatic rings. The standard InChI is InChI=1S/C21H23N5O3S/c1-25-17-7-6-14(11-15(17)23-19(25)18-3-2-10-29-18)16-12-30-21(28)26(24-16)9-8-22-20(27)13-4-5-13/h2-3,6-7,10-11,13,19,23H,4-5,8-9,12H2,1H3,(H,22,27). The molecule has 9 heteroatoms. The Hall–Kier alpha value is -2.94. The van der Waals surface area contributed by atoms with Gasteiger partial charge in [0.15, 0.2) is 6.17 Å². The summed E-state index contributed by atoms with van der Waals surface area (Å²) in [7, 11) is 2.02. The van der Waals surface area contributed by atoms with Gasteiger partial charge in [0.25, 0.3) is 0 Å². The number of hydrogen-bond acceptors (Lipinski definition) is 7. The molecule has 0 bridgehead atoms. The van der Waals surface area contributed by atoms with Crippen molar-refractivity contribution < 1.29 is 14.0 Å². The highest BCUT2D eigenvalue weighted by atomic mass is 32.2. The van der Waals surface area contributed by atoms with Crippen LogP contribution in [0.4, 0.5) is 16.2 Å². The maximum absolute atomic E-state index is 12.2. The second kappa shape index (κ2) is 7.71. The Morgan fingerprint density at radius 1 is 1.37 bits per heavy atom. The van der Waals surface area contributed by atoms with Gasteiger partial charge in [-0.05, 0) is 37.1 Å². The lowest BCUT2D eigenvalue weighted by Crippen LogP contribution is -2.37. The van der Waals surface area contributed by atoms with Gasteiger partial charge in [-0.1, -0.05) is 17.8 Å². The average molecular weight is 426 g/mol. The van der Waals surface area contributed by atoms with E-state index < -0.39 is 0 Å². The second-order valence-electron chi connectivity index (χ2n) is 7.69. The molecule has 30 heavy (non-hydrogen) atoms. The molecule has 2 aliphatic heterocycles. The fourth-order valence-corrected chi connectivity index (χ4v) is 4.47. The molecule has 1 unspecified atom stereocenters. The Morgan fingerprint density at radius 2 is 2.23 bits per heavy atom. The minimum Gasteiger partial charge on any atom is -0.465 e. The van der Waals surface area contributed by atoms with E-state index in [0.29, 0.717) is 18.8 Å². The van der Waals surface area contributed by atoms with Gasteiger partial charge < -0.3 is 20.0 Å². The van der Waals surface area contributed by atoms with E-state index in [1.54, 1.807) is 6.26 Å². The van der Waals surface area contributed by atoms with Crippen molar-refractivity contribution in [1.29, 1.82) is 0 Å². The molecule has 0 radical (unpaired) electrons. The maximum Gasteiger partial charge on any atom is 0.302 e. The van der Waals surface area contributed by atoms with E-state index in [4.69, 9.17) is 4.42 Å². The SMILES string of the molecule is CN1c2ccc(C3=NN(CCNC(=O)C4CC4)C(=O)SC3)cc2NC1c1ccco1. The number of amides is 2. The minimum atomic E-state index is -0.0867. The van der Waals surface area contributed by atoms with Gasteiger partial charge >= 0.3 is 5.24 Å². The predicted molar refractivity (Wildman–Crippen MR) is 117 cm³/mol. The topological polar surface area (TPSA) is 90.2 Å².